The molecular weight excluding hydrogens is 320 g/mol. The zero-order valence-electron chi connectivity index (χ0n) is 11.2. The van der Waals surface area contributed by atoms with Crippen LogP contribution in [0.1, 0.15) is 17.7 Å². The van der Waals surface area contributed by atoms with Crippen LogP contribution in [0.25, 0.3) is 16.5 Å². The van der Waals surface area contributed by atoms with Crippen LogP contribution in [-0.2, 0) is 4.79 Å². The molecule has 0 fully saturated rings. The summed E-state index contributed by atoms with van der Waals surface area (Å²) in [5.74, 6) is 0. The molecule has 0 unspecified atom stereocenters. The highest BCUT2D eigenvalue weighted by atomic mass is 79.9. The summed E-state index contributed by atoms with van der Waals surface area (Å²) in [5.41, 5.74) is 5.08. The fourth-order valence-electron chi connectivity index (χ4n) is 2.36. The second kappa shape index (κ2) is 6.72. The molecule has 0 atom stereocenters. The smallest absolute Gasteiger partial charge is 0.290 e. The van der Waals surface area contributed by atoms with Crippen molar-refractivity contribution in [1.82, 2.24) is 10.3 Å². The lowest BCUT2D eigenvalue weighted by Gasteiger charge is -2.12. The van der Waals surface area contributed by atoms with Crippen LogP contribution < -0.4 is 5.32 Å². The molecule has 1 aliphatic rings. The molecule has 0 saturated carbocycles. The molecule has 106 valence electrons. The Balaban J connectivity index is 0.000000452. The van der Waals surface area contributed by atoms with E-state index in [1.807, 2.05) is 0 Å². The monoisotopic (exact) mass is 336 g/mol. The van der Waals surface area contributed by atoms with Gasteiger partial charge >= 0.3 is 0 Å². The Morgan fingerprint density at radius 3 is 2.75 bits per heavy atom. The number of hydrogen-bond donors (Lipinski definition) is 3. The molecule has 0 bridgehead atoms. The van der Waals surface area contributed by atoms with E-state index >= 15 is 0 Å². The summed E-state index contributed by atoms with van der Waals surface area (Å²) < 4.78 is 1.14. The van der Waals surface area contributed by atoms with Gasteiger partial charge in [-0.25, -0.2) is 0 Å². The van der Waals surface area contributed by atoms with E-state index in [4.69, 9.17) is 9.90 Å². The minimum Gasteiger partial charge on any atom is -0.483 e. The van der Waals surface area contributed by atoms with E-state index in [2.05, 4.69) is 57.4 Å². The molecule has 0 aliphatic carbocycles. The van der Waals surface area contributed by atoms with Gasteiger partial charge < -0.3 is 15.4 Å². The van der Waals surface area contributed by atoms with Gasteiger partial charge in [0.2, 0.25) is 0 Å². The minimum atomic E-state index is -0.250. The molecule has 4 nitrogen and oxygen atoms in total. The van der Waals surface area contributed by atoms with Crippen LogP contribution in [0.3, 0.4) is 0 Å². The quantitative estimate of drug-likeness (QED) is 0.700. The number of carbonyl (C=O) groups is 1. The summed E-state index contributed by atoms with van der Waals surface area (Å²) in [7, 11) is 0. The van der Waals surface area contributed by atoms with Gasteiger partial charge in [-0.15, -0.1) is 0 Å². The predicted octanol–water partition coefficient (Wildman–Crippen LogP) is 3.32. The molecule has 3 N–H and O–H groups in total. The predicted molar refractivity (Wildman–Crippen MR) is 84.9 cm³/mol. The molecular formula is C15H17BrN2O2. The van der Waals surface area contributed by atoms with Crippen molar-refractivity contribution in [1.29, 1.82) is 0 Å². The third-order valence-electron chi connectivity index (χ3n) is 3.20. The zero-order chi connectivity index (χ0) is 14.5. The number of aryl methyl sites for hydroxylation is 1. The Hall–Kier alpha value is -1.59. The van der Waals surface area contributed by atoms with Crippen molar-refractivity contribution < 1.29 is 9.90 Å². The van der Waals surface area contributed by atoms with Crippen molar-refractivity contribution in [3.63, 3.8) is 0 Å². The number of aromatic amines is 1. The van der Waals surface area contributed by atoms with E-state index in [0.29, 0.717) is 0 Å². The molecule has 2 heterocycles. The maximum Gasteiger partial charge on any atom is 0.290 e. The van der Waals surface area contributed by atoms with E-state index in [0.717, 1.165) is 24.0 Å². The normalized spacial score (nSPS) is 14.4. The molecule has 1 aromatic heterocycles. The van der Waals surface area contributed by atoms with Crippen molar-refractivity contribution in [2.24, 2.45) is 0 Å². The Bertz CT molecular complexity index is 647. The lowest BCUT2D eigenvalue weighted by Crippen LogP contribution is -2.21. The highest BCUT2D eigenvalue weighted by Gasteiger charge is 2.10. The standard InChI is InChI=1S/C14H15BrN2.CH2O2/c1-9-5-11-7-13(10-3-2-4-16-8-10)17-14(11)12(15)6-9;2-1-3/h3,5-7,16-17H,2,4,8H2,1H3;1H,(H,2,3). The van der Waals surface area contributed by atoms with E-state index in [-0.39, 0.29) is 6.47 Å². The number of rotatable bonds is 1. The maximum absolute atomic E-state index is 8.36. The van der Waals surface area contributed by atoms with Crippen LogP contribution in [0.15, 0.2) is 28.7 Å². The van der Waals surface area contributed by atoms with E-state index in [1.165, 1.54) is 27.7 Å². The molecule has 2 aromatic rings. The summed E-state index contributed by atoms with van der Waals surface area (Å²) in [6.07, 6.45) is 3.44. The molecule has 3 rings (SSSR count). The number of H-pyrrole nitrogens is 1. The summed E-state index contributed by atoms with van der Waals surface area (Å²) in [5, 5.41) is 11.6. The average molecular weight is 337 g/mol. The molecule has 0 saturated heterocycles. The van der Waals surface area contributed by atoms with Crippen molar-refractivity contribution in [3.05, 3.63) is 40.0 Å². The number of benzene rings is 1. The highest BCUT2D eigenvalue weighted by molar-refractivity contribution is 9.10. The second-order valence-electron chi connectivity index (χ2n) is 4.69. The molecule has 0 radical (unpaired) electrons. The molecule has 20 heavy (non-hydrogen) atoms. The van der Waals surface area contributed by atoms with E-state index in [9.17, 15) is 0 Å². The maximum atomic E-state index is 8.36. The van der Waals surface area contributed by atoms with Gasteiger partial charge in [0.1, 0.15) is 0 Å². The van der Waals surface area contributed by atoms with Crippen LogP contribution in [0.2, 0.25) is 0 Å². The molecule has 0 amide bonds. The summed E-state index contributed by atoms with van der Waals surface area (Å²) in [6.45, 7) is 3.92. The van der Waals surface area contributed by atoms with Gasteiger partial charge in [0.05, 0.1) is 5.52 Å². The van der Waals surface area contributed by atoms with Gasteiger partial charge in [-0.2, -0.15) is 0 Å². The van der Waals surface area contributed by atoms with Crippen molar-refractivity contribution in [3.8, 4) is 0 Å². The van der Waals surface area contributed by atoms with Gasteiger partial charge in [0.15, 0.2) is 0 Å². The van der Waals surface area contributed by atoms with Crippen molar-refractivity contribution in [2.75, 3.05) is 13.1 Å². The molecule has 1 aliphatic heterocycles. The van der Waals surface area contributed by atoms with Crippen LogP contribution in [0.4, 0.5) is 0 Å². The number of halogens is 1. The van der Waals surface area contributed by atoms with Crippen LogP contribution >= 0.6 is 15.9 Å². The highest BCUT2D eigenvalue weighted by Crippen LogP contribution is 2.28. The largest absolute Gasteiger partial charge is 0.483 e. The Labute approximate surface area is 126 Å². The molecule has 0 spiro atoms. The third-order valence-corrected chi connectivity index (χ3v) is 3.82. The lowest BCUT2D eigenvalue weighted by molar-refractivity contribution is -0.122. The Kier molecular flexibility index (Phi) is 4.98. The Morgan fingerprint density at radius 2 is 2.10 bits per heavy atom. The number of carboxylic acid groups (broad SMARTS) is 1. The summed E-state index contributed by atoms with van der Waals surface area (Å²) >= 11 is 3.62. The first-order valence-corrected chi connectivity index (χ1v) is 7.22. The van der Waals surface area contributed by atoms with Crippen LogP contribution in [0, 0.1) is 6.92 Å². The van der Waals surface area contributed by atoms with Gasteiger partial charge in [-0.05, 0) is 65.2 Å². The number of fused-ring (bicyclic) bond motifs is 1. The van der Waals surface area contributed by atoms with Gasteiger partial charge in [-0.3, -0.25) is 4.79 Å². The SMILES string of the molecule is Cc1cc(Br)c2[nH]c(C3=CCCNC3)cc2c1.O=CO. The molecule has 1 aromatic carbocycles. The zero-order valence-corrected chi connectivity index (χ0v) is 12.8. The minimum absolute atomic E-state index is 0.250. The van der Waals surface area contributed by atoms with Crippen LogP contribution in [-0.4, -0.2) is 29.7 Å². The Morgan fingerprint density at radius 1 is 1.35 bits per heavy atom. The third kappa shape index (κ3) is 3.29. The van der Waals surface area contributed by atoms with Crippen molar-refractivity contribution >= 4 is 38.9 Å². The van der Waals surface area contributed by atoms with Gasteiger partial charge in [0.25, 0.3) is 6.47 Å². The lowest BCUT2D eigenvalue weighted by atomic mass is 10.1. The first kappa shape index (κ1) is 14.8. The van der Waals surface area contributed by atoms with Crippen molar-refractivity contribution in [2.45, 2.75) is 13.3 Å². The summed E-state index contributed by atoms with van der Waals surface area (Å²) in [6, 6.07) is 6.61. The molecule has 5 heteroatoms. The number of hydrogen-bond acceptors (Lipinski definition) is 2. The number of nitrogens with one attached hydrogen (secondary N) is 2. The number of aromatic nitrogens is 1. The fourth-order valence-corrected chi connectivity index (χ4v) is 3.05. The first-order valence-electron chi connectivity index (χ1n) is 6.42. The summed E-state index contributed by atoms with van der Waals surface area (Å²) in [4.78, 5) is 11.9. The first-order chi connectivity index (χ1) is 9.65. The average Bonchev–Trinajstić information content (AvgIpc) is 2.85. The van der Waals surface area contributed by atoms with Gasteiger partial charge in [0, 0.05) is 22.1 Å². The van der Waals surface area contributed by atoms with E-state index in [1.54, 1.807) is 0 Å². The van der Waals surface area contributed by atoms with Crippen LogP contribution in [0.5, 0.6) is 0 Å². The van der Waals surface area contributed by atoms with Gasteiger partial charge in [-0.1, -0.05) is 6.08 Å². The topological polar surface area (TPSA) is 65.1 Å². The second-order valence-corrected chi connectivity index (χ2v) is 5.55. The van der Waals surface area contributed by atoms with E-state index < -0.39 is 0 Å². The fraction of sp³-hybridized carbons (Fsp3) is 0.267.